The summed E-state index contributed by atoms with van der Waals surface area (Å²) in [5, 5.41) is 3.58. The number of hydrogen-bond acceptors (Lipinski definition) is 1. The van der Waals surface area contributed by atoms with E-state index in [-0.39, 0.29) is 5.54 Å². The number of rotatable bonds is 3. The fraction of sp³-hybridized carbons (Fsp3) is 1.00. The highest BCUT2D eigenvalue weighted by Gasteiger charge is 2.26. The van der Waals surface area contributed by atoms with Crippen molar-refractivity contribution in [1.29, 1.82) is 0 Å². The van der Waals surface area contributed by atoms with Gasteiger partial charge in [0.25, 0.3) is 0 Å². The van der Waals surface area contributed by atoms with E-state index in [4.69, 9.17) is 0 Å². The van der Waals surface area contributed by atoms with Crippen LogP contribution in [0.4, 0.5) is 0 Å². The van der Waals surface area contributed by atoms with Crippen molar-refractivity contribution in [2.75, 3.05) is 6.54 Å². The van der Waals surface area contributed by atoms with Crippen LogP contribution in [0.15, 0.2) is 0 Å². The molecular weight excluding hydrogens is 170 g/mol. The number of hydrogen-bond donors (Lipinski definition) is 1. The number of nitrogens with one attached hydrogen (secondary N) is 1. The van der Waals surface area contributed by atoms with Gasteiger partial charge in [-0.2, -0.15) is 0 Å². The largest absolute Gasteiger partial charge is 0.312 e. The molecule has 0 aliphatic rings. The van der Waals surface area contributed by atoms with Crippen molar-refractivity contribution in [3.8, 4) is 0 Å². The molecule has 0 saturated heterocycles. The average molecular weight is 199 g/mol. The molecule has 1 nitrogen and oxygen atoms in total. The minimum absolute atomic E-state index is 0.231. The van der Waals surface area contributed by atoms with Gasteiger partial charge in [0.15, 0.2) is 0 Å². The Bertz CT molecular complexity index is 167. The van der Waals surface area contributed by atoms with E-state index in [0.717, 1.165) is 6.54 Å². The smallest absolute Gasteiger partial charge is 0.00967 e. The molecule has 1 heteroatoms. The van der Waals surface area contributed by atoms with Crippen LogP contribution in [0.2, 0.25) is 0 Å². The van der Waals surface area contributed by atoms with Crippen molar-refractivity contribution >= 4 is 0 Å². The van der Waals surface area contributed by atoms with Crippen LogP contribution < -0.4 is 5.32 Å². The molecule has 0 spiro atoms. The SMILES string of the molecule is CC(C)(C)CC(C)(C)CNC(C)(C)C. The van der Waals surface area contributed by atoms with Crippen LogP contribution in [0.3, 0.4) is 0 Å². The summed E-state index contributed by atoms with van der Waals surface area (Å²) in [7, 11) is 0. The lowest BCUT2D eigenvalue weighted by molar-refractivity contribution is 0.191. The molecule has 14 heavy (non-hydrogen) atoms. The second kappa shape index (κ2) is 4.22. The average Bonchev–Trinajstić information content (AvgIpc) is 1.76. The summed E-state index contributed by atoms with van der Waals surface area (Å²) in [5.41, 5.74) is 1.03. The molecule has 0 aromatic carbocycles. The van der Waals surface area contributed by atoms with Crippen LogP contribution in [0.5, 0.6) is 0 Å². The second-order valence-corrected chi connectivity index (χ2v) is 7.51. The lowest BCUT2D eigenvalue weighted by Crippen LogP contribution is -2.43. The molecule has 0 aromatic heterocycles. The molecule has 0 radical (unpaired) electrons. The Morgan fingerprint density at radius 3 is 1.50 bits per heavy atom. The summed E-state index contributed by atoms with van der Waals surface area (Å²) in [5.74, 6) is 0. The fourth-order valence-electron chi connectivity index (χ4n) is 2.00. The highest BCUT2D eigenvalue weighted by Crippen LogP contribution is 2.32. The lowest BCUT2D eigenvalue weighted by Gasteiger charge is -2.35. The quantitative estimate of drug-likeness (QED) is 0.728. The fourth-order valence-corrected chi connectivity index (χ4v) is 2.00. The Labute approximate surface area is 90.7 Å². The zero-order valence-electron chi connectivity index (χ0n) is 11.4. The van der Waals surface area contributed by atoms with Crippen molar-refractivity contribution in [2.45, 2.75) is 67.3 Å². The van der Waals surface area contributed by atoms with E-state index in [1.807, 2.05) is 0 Å². The molecule has 0 rings (SSSR count). The molecule has 0 aliphatic heterocycles. The minimum atomic E-state index is 0.231. The second-order valence-electron chi connectivity index (χ2n) is 7.51. The molecule has 0 aromatic rings. The molecule has 0 aliphatic carbocycles. The van der Waals surface area contributed by atoms with Crippen molar-refractivity contribution in [3.63, 3.8) is 0 Å². The van der Waals surface area contributed by atoms with Gasteiger partial charge >= 0.3 is 0 Å². The molecular formula is C13H29N. The van der Waals surface area contributed by atoms with Gasteiger partial charge in [-0.1, -0.05) is 34.6 Å². The van der Waals surface area contributed by atoms with Crippen LogP contribution in [0, 0.1) is 10.8 Å². The first-order valence-electron chi connectivity index (χ1n) is 5.66. The minimum Gasteiger partial charge on any atom is -0.312 e. The standard InChI is InChI=1S/C13H29N/c1-11(2,3)9-13(7,8)10-14-12(4,5)6/h14H,9-10H2,1-8H3. The first kappa shape index (κ1) is 14.0. The Kier molecular flexibility index (Phi) is 4.21. The third-order valence-corrected chi connectivity index (χ3v) is 2.11. The molecule has 0 bridgehead atoms. The van der Waals surface area contributed by atoms with E-state index in [1.54, 1.807) is 0 Å². The van der Waals surface area contributed by atoms with Gasteiger partial charge in [-0.15, -0.1) is 0 Å². The Hall–Kier alpha value is -0.0400. The molecule has 0 heterocycles. The molecule has 1 N–H and O–H groups in total. The van der Waals surface area contributed by atoms with E-state index in [1.165, 1.54) is 6.42 Å². The van der Waals surface area contributed by atoms with E-state index in [0.29, 0.717) is 10.8 Å². The Morgan fingerprint density at radius 2 is 1.21 bits per heavy atom. The van der Waals surface area contributed by atoms with Gasteiger partial charge in [0, 0.05) is 12.1 Å². The lowest BCUT2D eigenvalue weighted by atomic mass is 9.76. The van der Waals surface area contributed by atoms with Gasteiger partial charge in [0.05, 0.1) is 0 Å². The van der Waals surface area contributed by atoms with Crippen LogP contribution in [-0.4, -0.2) is 12.1 Å². The summed E-state index contributed by atoms with van der Waals surface area (Å²) in [6.07, 6.45) is 1.25. The van der Waals surface area contributed by atoms with Gasteiger partial charge in [0.1, 0.15) is 0 Å². The van der Waals surface area contributed by atoms with E-state index in [2.05, 4.69) is 60.7 Å². The highest BCUT2D eigenvalue weighted by molar-refractivity contribution is 4.81. The Morgan fingerprint density at radius 1 is 0.786 bits per heavy atom. The monoisotopic (exact) mass is 199 g/mol. The first-order valence-corrected chi connectivity index (χ1v) is 5.66. The van der Waals surface area contributed by atoms with Crippen LogP contribution >= 0.6 is 0 Å². The van der Waals surface area contributed by atoms with Crippen molar-refractivity contribution in [1.82, 2.24) is 5.32 Å². The van der Waals surface area contributed by atoms with Crippen molar-refractivity contribution in [3.05, 3.63) is 0 Å². The summed E-state index contributed by atoms with van der Waals surface area (Å²) >= 11 is 0. The predicted molar refractivity (Wildman–Crippen MR) is 65.6 cm³/mol. The molecule has 0 amide bonds. The third kappa shape index (κ3) is 8.55. The topological polar surface area (TPSA) is 12.0 Å². The van der Waals surface area contributed by atoms with Gasteiger partial charge in [0.2, 0.25) is 0 Å². The molecule has 0 unspecified atom stereocenters. The van der Waals surface area contributed by atoms with Crippen LogP contribution in [0.25, 0.3) is 0 Å². The maximum atomic E-state index is 3.58. The Balaban J connectivity index is 4.09. The van der Waals surface area contributed by atoms with E-state index >= 15 is 0 Å². The van der Waals surface area contributed by atoms with Crippen molar-refractivity contribution < 1.29 is 0 Å². The van der Waals surface area contributed by atoms with E-state index in [9.17, 15) is 0 Å². The summed E-state index contributed by atoms with van der Waals surface area (Å²) < 4.78 is 0. The molecule has 0 saturated carbocycles. The van der Waals surface area contributed by atoms with Crippen molar-refractivity contribution in [2.24, 2.45) is 10.8 Å². The maximum Gasteiger partial charge on any atom is 0.00967 e. The van der Waals surface area contributed by atoms with Crippen LogP contribution in [-0.2, 0) is 0 Å². The summed E-state index contributed by atoms with van der Waals surface area (Å²) in [4.78, 5) is 0. The predicted octanol–water partition coefficient (Wildman–Crippen LogP) is 3.84. The normalized spacial score (nSPS) is 14.6. The molecule has 0 atom stereocenters. The molecule has 0 fully saturated rings. The third-order valence-electron chi connectivity index (χ3n) is 2.11. The maximum absolute atomic E-state index is 3.58. The summed E-state index contributed by atoms with van der Waals surface area (Å²) in [6, 6.07) is 0. The zero-order chi connectivity index (χ0) is 11.6. The van der Waals surface area contributed by atoms with Gasteiger partial charge < -0.3 is 5.32 Å². The summed E-state index contributed by atoms with van der Waals surface area (Å²) in [6.45, 7) is 19.4. The molecule has 86 valence electrons. The van der Waals surface area contributed by atoms with E-state index < -0.39 is 0 Å². The first-order chi connectivity index (χ1) is 5.91. The highest BCUT2D eigenvalue weighted by atomic mass is 15.0. The van der Waals surface area contributed by atoms with Gasteiger partial charge in [-0.25, -0.2) is 0 Å². The van der Waals surface area contributed by atoms with Crippen LogP contribution in [0.1, 0.15) is 61.8 Å². The van der Waals surface area contributed by atoms with Gasteiger partial charge in [-0.3, -0.25) is 0 Å². The van der Waals surface area contributed by atoms with Gasteiger partial charge in [-0.05, 0) is 38.0 Å². The zero-order valence-corrected chi connectivity index (χ0v) is 11.4.